The van der Waals surface area contributed by atoms with Crippen LogP contribution in [-0.2, 0) is 21.7 Å². The third kappa shape index (κ3) is 6.06. The van der Waals surface area contributed by atoms with Gasteiger partial charge in [-0.1, -0.05) is 75.8 Å². The Kier molecular flexibility index (Phi) is 13.8. The topological polar surface area (TPSA) is 0 Å². The SMILES string of the molecule is CC[Si](C)(C1=CC[C-]=C1C(C)(C)C)c1ccccc1.[Cl-].[Cl-].[Cl-].[Ti+4]. The van der Waals surface area contributed by atoms with Gasteiger partial charge in [0.25, 0.3) is 0 Å². The summed E-state index contributed by atoms with van der Waals surface area (Å²) in [6, 6.07) is 12.4. The summed E-state index contributed by atoms with van der Waals surface area (Å²) in [6.07, 6.45) is 7.05. The maximum atomic E-state index is 3.62. The summed E-state index contributed by atoms with van der Waals surface area (Å²) in [5.41, 5.74) is 1.67. The first kappa shape index (κ1) is 28.3. The van der Waals surface area contributed by atoms with E-state index in [0.29, 0.717) is 0 Å². The first-order valence-electron chi connectivity index (χ1n) is 7.27. The van der Waals surface area contributed by atoms with Crippen molar-refractivity contribution in [2.45, 2.75) is 46.7 Å². The molecule has 0 aliphatic heterocycles. The van der Waals surface area contributed by atoms with Gasteiger partial charge in [0.1, 0.15) is 0 Å². The summed E-state index contributed by atoms with van der Waals surface area (Å²) < 4.78 is 0. The normalized spacial score (nSPS) is 15.5. The zero-order chi connectivity index (χ0) is 14.1. The molecule has 0 amide bonds. The Hall–Kier alpha value is 0.501. The average molecular weight is 424 g/mol. The van der Waals surface area contributed by atoms with Gasteiger partial charge in [-0.15, -0.1) is 6.42 Å². The molecule has 0 fully saturated rings. The van der Waals surface area contributed by atoms with E-state index in [1.807, 2.05) is 0 Å². The van der Waals surface area contributed by atoms with Gasteiger partial charge in [-0.05, 0) is 5.41 Å². The van der Waals surface area contributed by atoms with Crippen LogP contribution in [0.3, 0.4) is 0 Å². The van der Waals surface area contributed by atoms with Gasteiger partial charge in [0, 0.05) is 8.07 Å². The van der Waals surface area contributed by atoms with Gasteiger partial charge in [-0.2, -0.15) is 11.3 Å². The Bertz CT molecular complexity index is 521. The van der Waals surface area contributed by atoms with Crippen molar-refractivity contribution < 1.29 is 58.9 Å². The second-order valence-electron chi connectivity index (χ2n) is 6.68. The molecule has 1 aromatic rings. The number of benzene rings is 1. The molecule has 0 aromatic heterocycles. The van der Waals surface area contributed by atoms with Crippen molar-refractivity contribution in [3.63, 3.8) is 0 Å². The van der Waals surface area contributed by atoms with Gasteiger partial charge in [0.15, 0.2) is 0 Å². The van der Waals surface area contributed by atoms with E-state index in [0.717, 1.165) is 6.42 Å². The summed E-state index contributed by atoms with van der Waals surface area (Å²) in [4.78, 5) is 0. The fourth-order valence-electron chi connectivity index (χ4n) is 2.98. The Balaban J connectivity index is -0.000001000. The summed E-state index contributed by atoms with van der Waals surface area (Å²) in [6.45, 7) is 11.8. The molecule has 1 aliphatic rings. The minimum absolute atomic E-state index is 0. The average Bonchev–Trinajstić information content (AvgIpc) is 2.88. The van der Waals surface area contributed by atoms with Crippen molar-refractivity contribution in [3.05, 3.63) is 53.3 Å². The molecule has 0 nitrogen and oxygen atoms in total. The van der Waals surface area contributed by atoms with Crippen LogP contribution < -0.4 is 42.4 Å². The monoisotopic (exact) mass is 422 g/mol. The summed E-state index contributed by atoms with van der Waals surface area (Å²) in [7, 11) is -1.58. The zero-order valence-electron chi connectivity index (χ0n) is 14.5. The second kappa shape index (κ2) is 11.2. The number of allylic oxidation sites excluding steroid dienone is 4. The van der Waals surface area contributed by atoms with Crippen LogP contribution in [0.4, 0.5) is 0 Å². The third-order valence-corrected chi connectivity index (χ3v) is 8.98. The fraction of sp³-hybridized carbons (Fsp3) is 0.444. The molecular formula is C18H25Cl3SiTi. The minimum atomic E-state index is -1.58. The van der Waals surface area contributed by atoms with Crippen molar-refractivity contribution in [1.29, 1.82) is 0 Å². The van der Waals surface area contributed by atoms with Crippen LogP contribution in [0.5, 0.6) is 0 Å². The molecule has 126 valence electrons. The van der Waals surface area contributed by atoms with E-state index < -0.39 is 8.07 Å². The maximum Gasteiger partial charge on any atom is 4.00 e. The van der Waals surface area contributed by atoms with E-state index in [9.17, 15) is 0 Å². The summed E-state index contributed by atoms with van der Waals surface area (Å²) >= 11 is 0. The van der Waals surface area contributed by atoms with Crippen molar-refractivity contribution in [2.24, 2.45) is 5.41 Å². The molecule has 0 spiro atoms. The molecule has 0 saturated heterocycles. The van der Waals surface area contributed by atoms with Crippen LogP contribution in [0, 0.1) is 11.5 Å². The molecule has 0 N–H and O–H groups in total. The summed E-state index contributed by atoms with van der Waals surface area (Å²) in [5.74, 6) is 0. The molecule has 5 heteroatoms. The van der Waals surface area contributed by atoms with E-state index in [1.165, 1.54) is 11.6 Å². The van der Waals surface area contributed by atoms with Crippen LogP contribution in [0.15, 0.2) is 47.2 Å². The third-order valence-electron chi connectivity index (χ3n) is 4.32. The van der Waals surface area contributed by atoms with E-state index in [4.69, 9.17) is 0 Å². The number of hydrogen-bond acceptors (Lipinski definition) is 0. The van der Waals surface area contributed by atoms with Crippen molar-refractivity contribution >= 4 is 13.3 Å². The van der Waals surface area contributed by atoms with Gasteiger partial charge in [0.05, 0.1) is 0 Å². The predicted molar refractivity (Wildman–Crippen MR) is 87.1 cm³/mol. The molecular weight excluding hydrogens is 399 g/mol. The molecule has 2 rings (SSSR count). The number of rotatable bonds is 3. The second-order valence-corrected chi connectivity index (χ2v) is 11.2. The Morgan fingerprint density at radius 1 is 1.04 bits per heavy atom. The first-order valence-corrected chi connectivity index (χ1v) is 9.98. The molecule has 1 aromatic carbocycles. The fourth-order valence-corrected chi connectivity index (χ4v) is 6.57. The van der Waals surface area contributed by atoms with Crippen LogP contribution in [0.2, 0.25) is 12.6 Å². The van der Waals surface area contributed by atoms with Crippen molar-refractivity contribution in [2.75, 3.05) is 0 Å². The van der Waals surface area contributed by atoms with Crippen LogP contribution in [-0.4, -0.2) is 8.07 Å². The largest absolute Gasteiger partial charge is 4.00 e. The molecule has 1 aliphatic carbocycles. The van der Waals surface area contributed by atoms with Crippen LogP contribution in [0.25, 0.3) is 0 Å². The van der Waals surface area contributed by atoms with E-state index >= 15 is 0 Å². The Morgan fingerprint density at radius 2 is 1.57 bits per heavy atom. The van der Waals surface area contributed by atoms with Gasteiger partial charge in [0.2, 0.25) is 0 Å². The van der Waals surface area contributed by atoms with E-state index in [-0.39, 0.29) is 64.4 Å². The Labute approximate surface area is 176 Å². The van der Waals surface area contributed by atoms with E-state index in [1.54, 1.807) is 10.4 Å². The van der Waals surface area contributed by atoms with Crippen LogP contribution in [0.1, 0.15) is 34.1 Å². The quantitative estimate of drug-likeness (QED) is 0.341. The smallest absolute Gasteiger partial charge is 1.00 e. The maximum absolute atomic E-state index is 3.62. The summed E-state index contributed by atoms with van der Waals surface area (Å²) in [5, 5.41) is 3.17. The van der Waals surface area contributed by atoms with Crippen molar-refractivity contribution in [1.82, 2.24) is 0 Å². The molecule has 1 unspecified atom stereocenters. The minimum Gasteiger partial charge on any atom is -1.00 e. The van der Waals surface area contributed by atoms with Gasteiger partial charge in [-0.3, -0.25) is 6.08 Å². The van der Waals surface area contributed by atoms with E-state index in [2.05, 4.69) is 76.7 Å². The molecule has 0 bridgehead atoms. The number of hydrogen-bond donors (Lipinski definition) is 0. The predicted octanol–water partition coefficient (Wildman–Crippen LogP) is -4.35. The molecule has 0 saturated carbocycles. The van der Waals surface area contributed by atoms with Gasteiger partial charge in [-0.25, -0.2) is 5.57 Å². The van der Waals surface area contributed by atoms with Crippen LogP contribution >= 0.6 is 0 Å². The first-order chi connectivity index (χ1) is 8.89. The Morgan fingerprint density at radius 3 is 2.00 bits per heavy atom. The molecule has 23 heavy (non-hydrogen) atoms. The molecule has 0 heterocycles. The van der Waals surface area contributed by atoms with Gasteiger partial charge >= 0.3 is 21.7 Å². The molecule has 1 atom stereocenters. The molecule has 0 radical (unpaired) electrons. The number of halogens is 3. The zero-order valence-corrected chi connectivity index (χ0v) is 19.3. The standard InChI is InChI=1S/C18H25Si.3ClH.Ti/c1-6-19(5,15-11-8-7-9-12-15)17-14-10-13-16(17)18(2,3)4;;;;/h7-9,11-12,14H,6,10H2,1-5H3;3*1H;/q-1;;;;+4/p-3. The van der Waals surface area contributed by atoms with Gasteiger partial charge < -0.3 is 37.2 Å². The van der Waals surface area contributed by atoms with Crippen molar-refractivity contribution in [3.8, 4) is 0 Å².